The SMILES string of the molecule is CCC(C)(C)N(C(=O)C(CCSC)NC(=O)OC(C)(C)C)C(C(=O)NCC(=O)OC)c1ccc(O)cc1. The third-order valence-electron chi connectivity index (χ3n) is 5.70. The minimum absolute atomic E-state index is 0.00506. The number of phenolic OH excluding ortho intramolecular Hbond substituents is 1. The number of aromatic hydroxyl groups is 1. The van der Waals surface area contributed by atoms with Gasteiger partial charge >= 0.3 is 12.1 Å². The molecule has 208 valence electrons. The third-order valence-corrected chi connectivity index (χ3v) is 6.35. The maximum absolute atomic E-state index is 14.2. The fourth-order valence-corrected chi connectivity index (χ4v) is 3.93. The van der Waals surface area contributed by atoms with E-state index in [-0.39, 0.29) is 12.3 Å². The lowest BCUT2D eigenvalue weighted by Gasteiger charge is -2.44. The van der Waals surface area contributed by atoms with Gasteiger partial charge in [0.1, 0.15) is 30.0 Å². The lowest BCUT2D eigenvalue weighted by atomic mass is 9.91. The van der Waals surface area contributed by atoms with Gasteiger partial charge in [0.15, 0.2) is 0 Å². The quantitative estimate of drug-likeness (QED) is 0.344. The fourth-order valence-electron chi connectivity index (χ4n) is 3.46. The van der Waals surface area contributed by atoms with Gasteiger partial charge in [0.05, 0.1) is 7.11 Å². The average Bonchev–Trinajstić information content (AvgIpc) is 2.82. The summed E-state index contributed by atoms with van der Waals surface area (Å²) in [5.41, 5.74) is -1.17. The van der Waals surface area contributed by atoms with Crippen LogP contribution < -0.4 is 10.6 Å². The normalized spacial score (nSPS) is 13.2. The molecule has 0 radical (unpaired) electrons. The molecule has 37 heavy (non-hydrogen) atoms. The van der Waals surface area contributed by atoms with Gasteiger partial charge in [-0.05, 0) is 77.2 Å². The number of esters is 1. The van der Waals surface area contributed by atoms with E-state index in [4.69, 9.17) is 4.74 Å². The molecule has 0 aliphatic rings. The molecule has 1 aromatic carbocycles. The highest BCUT2D eigenvalue weighted by atomic mass is 32.2. The number of nitrogens with zero attached hydrogens (tertiary/aromatic N) is 1. The second kappa shape index (κ2) is 14.1. The first-order valence-corrected chi connectivity index (χ1v) is 13.5. The number of alkyl carbamates (subject to hydrolysis) is 1. The van der Waals surface area contributed by atoms with Crippen LogP contribution in [0, 0.1) is 0 Å². The number of hydrogen-bond acceptors (Lipinski definition) is 8. The predicted molar refractivity (Wildman–Crippen MR) is 143 cm³/mol. The Morgan fingerprint density at radius 3 is 2.16 bits per heavy atom. The van der Waals surface area contributed by atoms with Crippen LogP contribution in [0.1, 0.15) is 66.0 Å². The lowest BCUT2D eigenvalue weighted by molar-refractivity contribution is -0.150. The molecule has 0 saturated heterocycles. The zero-order valence-corrected chi connectivity index (χ0v) is 23.9. The van der Waals surface area contributed by atoms with E-state index in [1.54, 1.807) is 32.9 Å². The highest BCUT2D eigenvalue weighted by Gasteiger charge is 2.43. The summed E-state index contributed by atoms with van der Waals surface area (Å²) in [6.07, 6.45) is 1.95. The van der Waals surface area contributed by atoms with Crippen LogP contribution in [-0.4, -0.2) is 76.7 Å². The Labute approximate surface area is 223 Å². The van der Waals surface area contributed by atoms with Gasteiger partial charge in [0.25, 0.3) is 0 Å². The predicted octanol–water partition coefficient (Wildman–Crippen LogP) is 3.39. The number of benzene rings is 1. The number of phenols is 1. The number of ether oxygens (including phenoxy) is 2. The Kier molecular flexibility index (Phi) is 12.2. The van der Waals surface area contributed by atoms with Crippen molar-refractivity contribution in [2.24, 2.45) is 0 Å². The Balaban J connectivity index is 3.58. The Bertz CT molecular complexity index is 929. The van der Waals surface area contributed by atoms with Gasteiger partial charge in [-0.15, -0.1) is 0 Å². The van der Waals surface area contributed by atoms with Gasteiger partial charge in [-0.2, -0.15) is 11.8 Å². The molecule has 3 N–H and O–H groups in total. The maximum atomic E-state index is 14.2. The molecule has 2 atom stereocenters. The minimum Gasteiger partial charge on any atom is -0.508 e. The Hall–Kier alpha value is -2.95. The highest BCUT2D eigenvalue weighted by Crippen LogP contribution is 2.33. The molecule has 1 aromatic rings. The van der Waals surface area contributed by atoms with E-state index in [2.05, 4.69) is 15.4 Å². The van der Waals surface area contributed by atoms with Gasteiger partial charge in [0, 0.05) is 5.54 Å². The van der Waals surface area contributed by atoms with Crippen LogP contribution in [0.5, 0.6) is 5.75 Å². The molecule has 11 heteroatoms. The third kappa shape index (κ3) is 10.1. The van der Waals surface area contributed by atoms with E-state index in [0.717, 1.165) is 0 Å². The van der Waals surface area contributed by atoms with Crippen molar-refractivity contribution in [3.8, 4) is 5.75 Å². The Morgan fingerprint density at radius 2 is 1.68 bits per heavy atom. The van der Waals surface area contributed by atoms with Crippen molar-refractivity contribution in [1.29, 1.82) is 0 Å². The number of nitrogens with one attached hydrogen (secondary N) is 2. The van der Waals surface area contributed by atoms with E-state index in [1.165, 1.54) is 35.9 Å². The van der Waals surface area contributed by atoms with E-state index < -0.39 is 47.1 Å². The smallest absolute Gasteiger partial charge is 0.408 e. The summed E-state index contributed by atoms with van der Waals surface area (Å²) in [4.78, 5) is 53.5. The molecule has 2 unspecified atom stereocenters. The second-order valence-corrected chi connectivity index (χ2v) is 11.1. The van der Waals surface area contributed by atoms with E-state index in [0.29, 0.717) is 24.2 Å². The number of hydrogen-bond donors (Lipinski definition) is 3. The van der Waals surface area contributed by atoms with Gasteiger partial charge in [-0.1, -0.05) is 19.1 Å². The molecule has 0 aromatic heterocycles. The summed E-state index contributed by atoms with van der Waals surface area (Å²) < 4.78 is 10.0. The number of methoxy groups -OCH3 is 1. The summed E-state index contributed by atoms with van der Waals surface area (Å²) in [6.45, 7) is 10.3. The van der Waals surface area contributed by atoms with Gasteiger partial charge in [0.2, 0.25) is 11.8 Å². The first-order chi connectivity index (χ1) is 17.2. The molecule has 0 saturated carbocycles. The number of carbonyl (C=O) groups excluding carboxylic acids is 4. The maximum Gasteiger partial charge on any atom is 0.408 e. The van der Waals surface area contributed by atoms with Crippen LogP contribution in [0.25, 0.3) is 0 Å². The van der Waals surface area contributed by atoms with Crippen LogP contribution in [0.2, 0.25) is 0 Å². The molecule has 0 heterocycles. The van der Waals surface area contributed by atoms with E-state index in [9.17, 15) is 24.3 Å². The van der Waals surface area contributed by atoms with E-state index in [1.807, 2.05) is 27.0 Å². The monoisotopic (exact) mass is 539 g/mol. The molecule has 1 rings (SSSR count). The number of amides is 3. The molecule has 0 aliphatic carbocycles. The van der Waals surface area contributed by atoms with Crippen LogP contribution in [0.4, 0.5) is 4.79 Å². The highest BCUT2D eigenvalue weighted by molar-refractivity contribution is 7.98. The van der Waals surface area contributed by atoms with Crippen LogP contribution >= 0.6 is 11.8 Å². The van der Waals surface area contributed by atoms with E-state index >= 15 is 0 Å². The first-order valence-electron chi connectivity index (χ1n) is 12.1. The van der Waals surface area contributed by atoms with Crippen LogP contribution in [0.15, 0.2) is 24.3 Å². The van der Waals surface area contributed by atoms with Crippen LogP contribution in [0.3, 0.4) is 0 Å². The molecule has 0 fully saturated rings. The van der Waals surface area contributed by atoms with Crippen molar-refractivity contribution < 1.29 is 33.8 Å². The number of rotatable bonds is 12. The lowest BCUT2D eigenvalue weighted by Crippen LogP contribution is -2.59. The van der Waals surface area contributed by atoms with Crippen molar-refractivity contribution in [1.82, 2.24) is 15.5 Å². The molecule has 10 nitrogen and oxygen atoms in total. The standard InChI is InChI=1S/C26H41N3O7S/c1-9-26(5,6)29(23(33)19(14-15-37-8)28-24(34)36-25(2,3)4)21(17-10-12-18(30)13-11-17)22(32)27-16-20(31)35-7/h10-13,19,21,30H,9,14-16H2,1-8H3,(H,27,32)(H,28,34). The summed E-state index contributed by atoms with van der Waals surface area (Å²) in [7, 11) is 1.21. The van der Waals surface area contributed by atoms with Crippen molar-refractivity contribution in [2.75, 3.05) is 25.7 Å². The molecular weight excluding hydrogens is 498 g/mol. The average molecular weight is 540 g/mol. The molecule has 0 spiro atoms. The summed E-state index contributed by atoms with van der Waals surface area (Å²) in [6, 6.07) is 3.79. The second-order valence-electron chi connectivity index (χ2n) is 10.1. The summed E-state index contributed by atoms with van der Waals surface area (Å²) in [5.74, 6) is -1.15. The minimum atomic E-state index is -1.16. The molecule has 0 aliphatic heterocycles. The van der Waals surface area contributed by atoms with Gasteiger partial charge < -0.3 is 30.1 Å². The van der Waals surface area contributed by atoms with Crippen molar-refractivity contribution >= 4 is 35.6 Å². The molecule has 3 amide bonds. The fraction of sp³-hybridized carbons (Fsp3) is 0.615. The zero-order chi connectivity index (χ0) is 28.4. The summed E-state index contributed by atoms with van der Waals surface area (Å²) >= 11 is 1.52. The van der Waals surface area contributed by atoms with Crippen molar-refractivity contribution in [3.05, 3.63) is 29.8 Å². The van der Waals surface area contributed by atoms with Crippen LogP contribution in [-0.2, 0) is 23.9 Å². The van der Waals surface area contributed by atoms with Gasteiger partial charge in [-0.3, -0.25) is 14.4 Å². The van der Waals surface area contributed by atoms with Crippen molar-refractivity contribution in [2.45, 2.75) is 77.6 Å². The number of thioether (sulfide) groups is 1. The topological polar surface area (TPSA) is 134 Å². The molecular formula is C26H41N3O7S. The van der Waals surface area contributed by atoms with Crippen molar-refractivity contribution in [3.63, 3.8) is 0 Å². The van der Waals surface area contributed by atoms with Gasteiger partial charge in [-0.25, -0.2) is 4.79 Å². The largest absolute Gasteiger partial charge is 0.508 e. The number of carbonyl (C=O) groups is 4. The first kappa shape index (κ1) is 32.1. The Morgan fingerprint density at radius 1 is 1.08 bits per heavy atom. The summed E-state index contributed by atoms with van der Waals surface area (Å²) in [5, 5.41) is 15.0. The molecule has 0 bridgehead atoms. The zero-order valence-electron chi connectivity index (χ0n) is 23.0.